The Morgan fingerprint density at radius 1 is 1.35 bits per heavy atom. The zero-order valence-electron chi connectivity index (χ0n) is 15.0. The minimum Gasteiger partial charge on any atom is -0.480 e. The number of carbonyl (C=O) groups is 2. The largest absolute Gasteiger partial charge is 0.480 e. The molecule has 0 bridgehead atoms. The highest BCUT2D eigenvalue weighted by Gasteiger charge is 2.19. The first-order valence-corrected chi connectivity index (χ1v) is 8.35. The molecule has 0 aliphatic rings. The SMILES string of the molecule is Cc1cc(-c2noc(CCC(=O)N(CC(=O)O)CC(C)C)n2)ccc1F. The van der Waals surface area contributed by atoms with Crippen LogP contribution in [0, 0.1) is 18.7 Å². The molecule has 1 aromatic heterocycles. The fraction of sp³-hybridized carbons (Fsp3) is 0.444. The summed E-state index contributed by atoms with van der Waals surface area (Å²) in [7, 11) is 0. The van der Waals surface area contributed by atoms with Gasteiger partial charge in [-0.15, -0.1) is 0 Å². The number of rotatable bonds is 8. The van der Waals surface area contributed by atoms with Crippen LogP contribution in [0.2, 0.25) is 0 Å². The van der Waals surface area contributed by atoms with E-state index in [1.54, 1.807) is 19.1 Å². The summed E-state index contributed by atoms with van der Waals surface area (Å²) in [6.07, 6.45) is 0.282. The summed E-state index contributed by atoms with van der Waals surface area (Å²) >= 11 is 0. The molecule has 0 saturated carbocycles. The number of aromatic nitrogens is 2. The molecular formula is C18H22FN3O4. The Balaban J connectivity index is 2.00. The summed E-state index contributed by atoms with van der Waals surface area (Å²) in [5, 5.41) is 12.8. The highest BCUT2D eigenvalue weighted by Crippen LogP contribution is 2.19. The molecule has 0 atom stereocenters. The number of hydrogen-bond donors (Lipinski definition) is 1. The van der Waals surface area contributed by atoms with Gasteiger partial charge in [0.15, 0.2) is 0 Å². The lowest BCUT2D eigenvalue weighted by molar-refractivity contribution is -0.144. The van der Waals surface area contributed by atoms with E-state index in [9.17, 15) is 14.0 Å². The van der Waals surface area contributed by atoms with Gasteiger partial charge >= 0.3 is 5.97 Å². The first kappa shape index (κ1) is 19.6. The van der Waals surface area contributed by atoms with Gasteiger partial charge in [0, 0.05) is 24.9 Å². The Bertz CT molecular complexity index is 788. The third kappa shape index (κ3) is 5.37. The van der Waals surface area contributed by atoms with E-state index in [0.717, 1.165) is 0 Å². The zero-order valence-corrected chi connectivity index (χ0v) is 15.0. The molecule has 1 heterocycles. The maximum absolute atomic E-state index is 13.3. The normalized spacial score (nSPS) is 11.0. The van der Waals surface area contributed by atoms with Crippen molar-refractivity contribution in [2.45, 2.75) is 33.6 Å². The van der Waals surface area contributed by atoms with E-state index in [-0.39, 0.29) is 42.9 Å². The van der Waals surface area contributed by atoms with E-state index < -0.39 is 5.97 Å². The fourth-order valence-corrected chi connectivity index (χ4v) is 2.49. The van der Waals surface area contributed by atoms with Crippen molar-refractivity contribution in [1.82, 2.24) is 15.0 Å². The number of hydrogen-bond acceptors (Lipinski definition) is 5. The zero-order chi connectivity index (χ0) is 19.3. The van der Waals surface area contributed by atoms with Crippen LogP contribution < -0.4 is 0 Å². The van der Waals surface area contributed by atoms with Crippen molar-refractivity contribution in [3.8, 4) is 11.4 Å². The van der Waals surface area contributed by atoms with Crippen LogP contribution in [0.4, 0.5) is 4.39 Å². The van der Waals surface area contributed by atoms with Gasteiger partial charge in [0.05, 0.1) is 0 Å². The quantitative estimate of drug-likeness (QED) is 0.774. The van der Waals surface area contributed by atoms with Crippen molar-refractivity contribution in [2.24, 2.45) is 5.92 Å². The van der Waals surface area contributed by atoms with Gasteiger partial charge in [0.25, 0.3) is 0 Å². The summed E-state index contributed by atoms with van der Waals surface area (Å²) in [5.74, 6) is -0.888. The minimum atomic E-state index is -1.05. The molecule has 26 heavy (non-hydrogen) atoms. The highest BCUT2D eigenvalue weighted by molar-refractivity contribution is 5.81. The number of aryl methyl sites for hydroxylation is 2. The van der Waals surface area contributed by atoms with Crippen LogP contribution in [0.15, 0.2) is 22.7 Å². The lowest BCUT2D eigenvalue weighted by Gasteiger charge is -2.22. The van der Waals surface area contributed by atoms with Crippen molar-refractivity contribution >= 4 is 11.9 Å². The number of aliphatic carboxylic acids is 1. The van der Waals surface area contributed by atoms with E-state index in [1.807, 2.05) is 13.8 Å². The van der Waals surface area contributed by atoms with Crippen LogP contribution in [0.5, 0.6) is 0 Å². The number of carboxylic acids is 1. The Morgan fingerprint density at radius 3 is 2.69 bits per heavy atom. The monoisotopic (exact) mass is 363 g/mol. The Morgan fingerprint density at radius 2 is 2.08 bits per heavy atom. The smallest absolute Gasteiger partial charge is 0.323 e. The van der Waals surface area contributed by atoms with E-state index in [0.29, 0.717) is 23.5 Å². The van der Waals surface area contributed by atoms with Gasteiger partial charge in [0.2, 0.25) is 17.6 Å². The maximum Gasteiger partial charge on any atom is 0.323 e. The molecular weight excluding hydrogens is 341 g/mol. The number of carboxylic acid groups (broad SMARTS) is 1. The first-order chi connectivity index (χ1) is 12.3. The number of carbonyl (C=O) groups excluding carboxylic acids is 1. The predicted octanol–water partition coefficient (Wildman–Crippen LogP) is 2.69. The molecule has 0 fully saturated rings. The van der Waals surface area contributed by atoms with Gasteiger partial charge in [-0.1, -0.05) is 19.0 Å². The van der Waals surface area contributed by atoms with Gasteiger partial charge in [-0.05, 0) is 36.6 Å². The summed E-state index contributed by atoms with van der Waals surface area (Å²) in [6, 6.07) is 4.51. The number of nitrogens with zero attached hydrogens (tertiary/aromatic N) is 3. The van der Waals surface area contributed by atoms with Gasteiger partial charge < -0.3 is 14.5 Å². The van der Waals surface area contributed by atoms with Crippen LogP contribution in [0.25, 0.3) is 11.4 Å². The Hall–Kier alpha value is -2.77. The summed E-state index contributed by atoms with van der Waals surface area (Å²) in [5.41, 5.74) is 1.10. The second kappa shape index (κ2) is 8.55. The highest BCUT2D eigenvalue weighted by atomic mass is 19.1. The van der Waals surface area contributed by atoms with E-state index in [4.69, 9.17) is 9.63 Å². The van der Waals surface area contributed by atoms with Crippen molar-refractivity contribution in [3.05, 3.63) is 35.5 Å². The Kier molecular flexibility index (Phi) is 6.43. The third-order valence-electron chi connectivity index (χ3n) is 3.70. The summed E-state index contributed by atoms with van der Waals surface area (Å²) in [6.45, 7) is 5.51. The fourth-order valence-electron chi connectivity index (χ4n) is 2.49. The molecule has 0 saturated heterocycles. The van der Waals surface area contributed by atoms with Gasteiger partial charge in [-0.3, -0.25) is 9.59 Å². The molecule has 7 nitrogen and oxygen atoms in total. The van der Waals surface area contributed by atoms with E-state index in [2.05, 4.69) is 10.1 Å². The molecule has 1 N–H and O–H groups in total. The van der Waals surface area contributed by atoms with E-state index >= 15 is 0 Å². The number of benzene rings is 1. The van der Waals surface area contributed by atoms with Crippen LogP contribution in [0.3, 0.4) is 0 Å². The predicted molar refractivity (Wildman–Crippen MR) is 91.8 cm³/mol. The minimum absolute atomic E-state index is 0.0735. The maximum atomic E-state index is 13.3. The van der Waals surface area contributed by atoms with Crippen LogP contribution >= 0.6 is 0 Å². The Labute approximate surface area is 150 Å². The van der Waals surface area contributed by atoms with Crippen molar-refractivity contribution in [1.29, 1.82) is 0 Å². The van der Waals surface area contributed by atoms with Crippen molar-refractivity contribution in [3.63, 3.8) is 0 Å². The number of amides is 1. The second-order valence-corrected chi connectivity index (χ2v) is 6.54. The summed E-state index contributed by atoms with van der Waals surface area (Å²) < 4.78 is 18.5. The lowest BCUT2D eigenvalue weighted by atomic mass is 10.1. The molecule has 2 aromatic rings. The van der Waals surface area contributed by atoms with Gasteiger partial charge in [-0.25, -0.2) is 4.39 Å². The lowest BCUT2D eigenvalue weighted by Crippen LogP contribution is -2.38. The number of halogens is 1. The summed E-state index contributed by atoms with van der Waals surface area (Å²) in [4.78, 5) is 28.7. The third-order valence-corrected chi connectivity index (χ3v) is 3.70. The molecule has 0 unspecified atom stereocenters. The van der Waals surface area contributed by atoms with E-state index in [1.165, 1.54) is 11.0 Å². The molecule has 0 aliphatic heterocycles. The van der Waals surface area contributed by atoms with Crippen LogP contribution in [0.1, 0.15) is 31.7 Å². The van der Waals surface area contributed by atoms with Crippen molar-refractivity contribution < 1.29 is 23.6 Å². The average Bonchev–Trinajstić information content (AvgIpc) is 3.02. The molecule has 1 aromatic carbocycles. The molecule has 8 heteroatoms. The molecule has 2 rings (SSSR count). The molecule has 0 aliphatic carbocycles. The molecule has 140 valence electrons. The van der Waals surface area contributed by atoms with Crippen LogP contribution in [-0.4, -0.2) is 45.1 Å². The molecule has 0 radical (unpaired) electrons. The topological polar surface area (TPSA) is 96.5 Å². The first-order valence-electron chi connectivity index (χ1n) is 8.35. The second-order valence-electron chi connectivity index (χ2n) is 6.54. The van der Waals surface area contributed by atoms with Crippen molar-refractivity contribution in [2.75, 3.05) is 13.1 Å². The molecule has 0 spiro atoms. The van der Waals surface area contributed by atoms with Crippen LogP contribution in [-0.2, 0) is 16.0 Å². The molecule has 1 amide bonds. The van der Waals surface area contributed by atoms with Gasteiger partial charge in [-0.2, -0.15) is 4.98 Å². The van der Waals surface area contributed by atoms with Gasteiger partial charge in [0.1, 0.15) is 12.4 Å². The standard InChI is InChI=1S/C18H22FN3O4/c1-11(2)9-22(10-17(24)25)16(23)7-6-15-20-18(21-26-15)13-4-5-14(19)12(3)8-13/h4-5,8,11H,6-7,9-10H2,1-3H3,(H,24,25). The average molecular weight is 363 g/mol.